The minimum absolute atomic E-state index is 0.0982. The highest BCUT2D eigenvalue weighted by Gasteiger charge is 2.29. The number of nitrogens with one attached hydrogen (secondary N) is 1. The Kier molecular flexibility index (Phi) is 4.49. The zero-order valence-corrected chi connectivity index (χ0v) is 11.7. The molecule has 0 bridgehead atoms. The first kappa shape index (κ1) is 14.7. The highest BCUT2D eigenvalue weighted by molar-refractivity contribution is 5.97. The molecule has 110 valence electrons. The molecule has 1 aliphatic rings. The summed E-state index contributed by atoms with van der Waals surface area (Å²) in [7, 11) is 1.50. The third kappa shape index (κ3) is 3.42. The van der Waals surface area contributed by atoms with E-state index in [1.165, 1.54) is 19.2 Å². The Hall–Kier alpha value is -1.75. The largest absolute Gasteiger partial charge is 0.507 e. The number of phenols is 1. The molecule has 5 heteroatoms. The molecule has 0 spiro atoms. The lowest BCUT2D eigenvalue weighted by Gasteiger charge is -2.32. The summed E-state index contributed by atoms with van der Waals surface area (Å²) in [5.74, 6) is 0.00339. The maximum absolute atomic E-state index is 12.1. The average molecular weight is 279 g/mol. The van der Waals surface area contributed by atoms with E-state index in [0.717, 1.165) is 19.3 Å². The molecule has 0 radical (unpaired) electrons. The predicted molar refractivity (Wildman–Crippen MR) is 75.0 cm³/mol. The Bertz CT molecular complexity index is 481. The number of ether oxygens (including phenoxy) is 1. The van der Waals surface area contributed by atoms with E-state index in [9.17, 15) is 15.0 Å². The number of rotatable bonds is 4. The second-order valence-electron chi connectivity index (χ2n) is 5.35. The first-order chi connectivity index (χ1) is 9.54. The van der Waals surface area contributed by atoms with Gasteiger partial charge in [0.1, 0.15) is 11.5 Å². The third-order valence-electron chi connectivity index (χ3n) is 3.81. The van der Waals surface area contributed by atoms with E-state index >= 15 is 0 Å². The fourth-order valence-electron chi connectivity index (χ4n) is 2.55. The number of phenolic OH excluding ortho intramolecular Hbond substituents is 1. The number of aliphatic hydroxyl groups is 1. The van der Waals surface area contributed by atoms with Crippen LogP contribution in [0.3, 0.4) is 0 Å². The zero-order chi connectivity index (χ0) is 14.6. The minimum Gasteiger partial charge on any atom is -0.507 e. The fourth-order valence-corrected chi connectivity index (χ4v) is 2.55. The van der Waals surface area contributed by atoms with Gasteiger partial charge in [0.25, 0.3) is 5.91 Å². The van der Waals surface area contributed by atoms with Gasteiger partial charge in [-0.05, 0) is 31.0 Å². The van der Waals surface area contributed by atoms with E-state index in [1.54, 1.807) is 6.07 Å². The van der Waals surface area contributed by atoms with Crippen molar-refractivity contribution in [2.45, 2.75) is 37.7 Å². The lowest BCUT2D eigenvalue weighted by molar-refractivity contribution is 0.00522. The van der Waals surface area contributed by atoms with Crippen molar-refractivity contribution in [3.63, 3.8) is 0 Å². The van der Waals surface area contributed by atoms with Crippen LogP contribution in [-0.4, -0.2) is 35.4 Å². The number of hydrogen-bond acceptors (Lipinski definition) is 4. The van der Waals surface area contributed by atoms with E-state index < -0.39 is 11.5 Å². The monoisotopic (exact) mass is 279 g/mol. The smallest absolute Gasteiger partial charge is 0.255 e. The third-order valence-corrected chi connectivity index (χ3v) is 3.81. The van der Waals surface area contributed by atoms with Gasteiger partial charge in [-0.15, -0.1) is 0 Å². The van der Waals surface area contributed by atoms with Gasteiger partial charge in [-0.25, -0.2) is 0 Å². The van der Waals surface area contributed by atoms with Crippen LogP contribution in [0.25, 0.3) is 0 Å². The molecule has 0 unspecified atom stereocenters. The van der Waals surface area contributed by atoms with Crippen LogP contribution in [0.1, 0.15) is 42.5 Å². The van der Waals surface area contributed by atoms with Gasteiger partial charge in [0.05, 0.1) is 18.3 Å². The van der Waals surface area contributed by atoms with Crippen molar-refractivity contribution in [1.29, 1.82) is 0 Å². The van der Waals surface area contributed by atoms with Crippen LogP contribution in [0.4, 0.5) is 0 Å². The molecule has 1 aromatic carbocycles. The summed E-state index contributed by atoms with van der Waals surface area (Å²) in [6.07, 6.45) is 4.51. The van der Waals surface area contributed by atoms with E-state index in [0.29, 0.717) is 18.6 Å². The van der Waals surface area contributed by atoms with Crippen molar-refractivity contribution in [3.05, 3.63) is 23.8 Å². The quantitative estimate of drug-likeness (QED) is 0.785. The molecular formula is C15H21NO4. The van der Waals surface area contributed by atoms with E-state index in [-0.39, 0.29) is 17.9 Å². The van der Waals surface area contributed by atoms with E-state index in [1.807, 2.05) is 0 Å². The standard InChI is InChI=1S/C15H21NO4/c1-20-11-5-6-13(17)12(9-11)14(18)16-10-15(19)7-3-2-4-8-15/h5-6,9,17,19H,2-4,7-8,10H2,1H3,(H,16,18). The second kappa shape index (κ2) is 6.13. The second-order valence-corrected chi connectivity index (χ2v) is 5.35. The van der Waals surface area contributed by atoms with Crippen molar-refractivity contribution >= 4 is 5.91 Å². The number of aromatic hydroxyl groups is 1. The summed E-state index contributed by atoms with van der Waals surface area (Å²) in [5, 5.41) is 22.8. The molecule has 1 amide bonds. The predicted octanol–water partition coefficient (Wildman–Crippen LogP) is 1.83. The highest BCUT2D eigenvalue weighted by Crippen LogP contribution is 2.28. The molecular weight excluding hydrogens is 258 g/mol. The van der Waals surface area contributed by atoms with Crippen molar-refractivity contribution < 1.29 is 19.7 Å². The molecule has 0 aliphatic heterocycles. The number of carbonyl (C=O) groups is 1. The number of amides is 1. The lowest BCUT2D eigenvalue weighted by Crippen LogP contribution is -2.44. The molecule has 0 atom stereocenters. The van der Waals surface area contributed by atoms with Gasteiger partial charge in [-0.3, -0.25) is 4.79 Å². The van der Waals surface area contributed by atoms with Gasteiger partial charge in [0, 0.05) is 6.54 Å². The van der Waals surface area contributed by atoms with Gasteiger partial charge in [0.15, 0.2) is 0 Å². The average Bonchev–Trinajstić information content (AvgIpc) is 2.46. The molecule has 1 aromatic rings. The molecule has 20 heavy (non-hydrogen) atoms. The summed E-state index contributed by atoms with van der Waals surface area (Å²) < 4.78 is 5.03. The number of carbonyl (C=O) groups excluding carboxylic acids is 1. The Morgan fingerprint density at radius 2 is 2.05 bits per heavy atom. The van der Waals surface area contributed by atoms with Crippen LogP contribution in [0.5, 0.6) is 11.5 Å². The van der Waals surface area contributed by atoms with E-state index in [4.69, 9.17) is 4.74 Å². The lowest BCUT2D eigenvalue weighted by atomic mass is 9.85. The SMILES string of the molecule is COc1ccc(O)c(C(=O)NCC2(O)CCCCC2)c1. The van der Waals surface area contributed by atoms with Gasteiger partial charge >= 0.3 is 0 Å². The van der Waals surface area contributed by atoms with Crippen LogP contribution in [0.15, 0.2) is 18.2 Å². The summed E-state index contributed by atoms with van der Waals surface area (Å²) in [6.45, 7) is 0.211. The van der Waals surface area contributed by atoms with Gasteiger partial charge in [0.2, 0.25) is 0 Å². The van der Waals surface area contributed by atoms with Crippen LogP contribution in [0, 0.1) is 0 Å². The Morgan fingerprint density at radius 3 is 2.70 bits per heavy atom. The molecule has 1 saturated carbocycles. The molecule has 2 rings (SSSR count). The number of hydrogen-bond donors (Lipinski definition) is 3. The van der Waals surface area contributed by atoms with Crippen LogP contribution >= 0.6 is 0 Å². The zero-order valence-electron chi connectivity index (χ0n) is 11.7. The van der Waals surface area contributed by atoms with Gasteiger partial charge in [-0.1, -0.05) is 19.3 Å². The Balaban J connectivity index is 2.01. The molecule has 0 saturated heterocycles. The highest BCUT2D eigenvalue weighted by atomic mass is 16.5. The molecule has 5 nitrogen and oxygen atoms in total. The fraction of sp³-hybridized carbons (Fsp3) is 0.533. The molecule has 3 N–H and O–H groups in total. The number of methoxy groups -OCH3 is 1. The van der Waals surface area contributed by atoms with Crippen molar-refractivity contribution in [2.75, 3.05) is 13.7 Å². The van der Waals surface area contributed by atoms with Crippen LogP contribution in [0.2, 0.25) is 0 Å². The maximum atomic E-state index is 12.1. The summed E-state index contributed by atoms with van der Waals surface area (Å²) >= 11 is 0. The first-order valence-corrected chi connectivity index (χ1v) is 6.92. The minimum atomic E-state index is -0.817. The van der Waals surface area contributed by atoms with E-state index in [2.05, 4.69) is 5.32 Å². The van der Waals surface area contributed by atoms with Gasteiger partial charge < -0.3 is 20.3 Å². The maximum Gasteiger partial charge on any atom is 0.255 e. The normalized spacial score (nSPS) is 17.5. The summed E-state index contributed by atoms with van der Waals surface area (Å²) in [6, 6.07) is 4.49. The topological polar surface area (TPSA) is 78.8 Å². The van der Waals surface area contributed by atoms with Crippen LogP contribution in [-0.2, 0) is 0 Å². The van der Waals surface area contributed by atoms with Crippen molar-refractivity contribution in [3.8, 4) is 11.5 Å². The summed E-state index contributed by atoms with van der Waals surface area (Å²) in [4.78, 5) is 12.1. The Labute approximate surface area is 118 Å². The molecule has 1 fully saturated rings. The van der Waals surface area contributed by atoms with Crippen LogP contribution < -0.4 is 10.1 Å². The van der Waals surface area contributed by atoms with Crippen molar-refractivity contribution in [2.24, 2.45) is 0 Å². The summed E-state index contributed by atoms with van der Waals surface area (Å²) in [5.41, 5.74) is -0.661. The first-order valence-electron chi connectivity index (χ1n) is 6.92. The molecule has 0 aromatic heterocycles. The van der Waals surface area contributed by atoms with Gasteiger partial charge in [-0.2, -0.15) is 0 Å². The molecule has 0 heterocycles. The van der Waals surface area contributed by atoms with Crippen molar-refractivity contribution in [1.82, 2.24) is 5.32 Å². The Morgan fingerprint density at radius 1 is 1.35 bits per heavy atom. The number of benzene rings is 1. The molecule has 1 aliphatic carbocycles.